The van der Waals surface area contributed by atoms with Gasteiger partial charge < -0.3 is 0 Å². The van der Waals surface area contributed by atoms with Crippen molar-refractivity contribution in [2.24, 2.45) is 5.92 Å². The van der Waals surface area contributed by atoms with Crippen LogP contribution in [-0.4, -0.2) is 23.3 Å². The van der Waals surface area contributed by atoms with Gasteiger partial charge >= 0.3 is 0 Å². The molecule has 1 atom stereocenters. The normalized spacial score (nSPS) is 16.2. The van der Waals surface area contributed by atoms with Gasteiger partial charge in [0, 0.05) is 17.3 Å². The number of unbranched alkanes of at least 4 members (excludes halogenated alkanes) is 1. The maximum absolute atomic E-state index is 12.1. The lowest BCUT2D eigenvalue weighted by Crippen LogP contribution is -2.34. The minimum absolute atomic E-state index is 0.105. The highest BCUT2D eigenvalue weighted by atomic mass is 32.1. The summed E-state index contributed by atoms with van der Waals surface area (Å²) < 4.78 is 0. The van der Waals surface area contributed by atoms with E-state index in [2.05, 4.69) is 13.8 Å². The molecule has 18 heavy (non-hydrogen) atoms. The van der Waals surface area contributed by atoms with Crippen LogP contribution in [0.1, 0.15) is 60.2 Å². The predicted octanol–water partition coefficient (Wildman–Crippen LogP) is 3.56. The van der Waals surface area contributed by atoms with Gasteiger partial charge in [0.25, 0.3) is 11.8 Å². The van der Waals surface area contributed by atoms with Crippen molar-refractivity contribution >= 4 is 23.2 Å². The quantitative estimate of drug-likeness (QED) is 0.737. The van der Waals surface area contributed by atoms with Crippen molar-refractivity contribution in [2.45, 2.75) is 39.5 Å². The number of hydrogen-bond donors (Lipinski definition) is 0. The second kappa shape index (κ2) is 5.65. The third-order valence-corrected chi connectivity index (χ3v) is 4.34. The Morgan fingerprint density at radius 2 is 1.78 bits per heavy atom. The number of amides is 2. The number of carbonyl (C=O) groups excluding carboxylic acids is 2. The fraction of sp³-hybridized carbons (Fsp3) is 0.571. The minimum Gasteiger partial charge on any atom is -0.274 e. The second-order valence-electron chi connectivity index (χ2n) is 4.84. The highest BCUT2D eigenvalue weighted by molar-refractivity contribution is 7.08. The summed E-state index contributed by atoms with van der Waals surface area (Å²) >= 11 is 1.42. The molecular weight excluding hydrogens is 246 g/mol. The molecule has 4 heteroatoms. The van der Waals surface area contributed by atoms with E-state index in [1.165, 1.54) is 16.2 Å². The fourth-order valence-corrected chi connectivity index (χ4v) is 3.15. The van der Waals surface area contributed by atoms with Crippen molar-refractivity contribution in [3.63, 3.8) is 0 Å². The Bertz CT molecular complexity index is 422. The molecule has 3 nitrogen and oxygen atoms in total. The first-order valence-electron chi connectivity index (χ1n) is 6.61. The van der Waals surface area contributed by atoms with Crippen LogP contribution in [0.3, 0.4) is 0 Å². The molecule has 2 heterocycles. The largest absolute Gasteiger partial charge is 0.274 e. The molecule has 2 amide bonds. The zero-order valence-electron chi connectivity index (χ0n) is 10.9. The smallest absolute Gasteiger partial charge is 0.262 e. The van der Waals surface area contributed by atoms with Crippen LogP contribution in [0.15, 0.2) is 10.8 Å². The molecule has 1 aromatic heterocycles. The van der Waals surface area contributed by atoms with Gasteiger partial charge in [-0.3, -0.25) is 14.5 Å². The number of fused-ring (bicyclic) bond motifs is 1. The van der Waals surface area contributed by atoms with Crippen molar-refractivity contribution in [1.82, 2.24) is 4.90 Å². The number of rotatable bonds is 6. The Kier molecular flexibility index (Phi) is 4.17. The maximum atomic E-state index is 12.1. The molecule has 0 unspecified atom stereocenters. The van der Waals surface area contributed by atoms with Gasteiger partial charge in [0.1, 0.15) is 0 Å². The van der Waals surface area contributed by atoms with E-state index in [1.807, 2.05) is 0 Å². The van der Waals surface area contributed by atoms with E-state index in [0.29, 0.717) is 23.6 Å². The van der Waals surface area contributed by atoms with Gasteiger partial charge in [-0.1, -0.05) is 33.1 Å². The zero-order chi connectivity index (χ0) is 13.1. The second-order valence-corrected chi connectivity index (χ2v) is 5.58. The average molecular weight is 265 g/mol. The summed E-state index contributed by atoms with van der Waals surface area (Å²) in [5.74, 6) is 0.225. The van der Waals surface area contributed by atoms with Crippen LogP contribution in [0.2, 0.25) is 0 Å². The lowest BCUT2D eigenvalue weighted by atomic mass is 9.99. The Morgan fingerprint density at radius 3 is 2.28 bits per heavy atom. The Labute approximate surface area is 112 Å². The molecule has 0 aromatic carbocycles. The molecule has 0 aliphatic carbocycles. The van der Waals surface area contributed by atoms with Crippen LogP contribution in [0.5, 0.6) is 0 Å². The van der Waals surface area contributed by atoms with Crippen molar-refractivity contribution < 1.29 is 9.59 Å². The molecular formula is C14H19NO2S. The van der Waals surface area contributed by atoms with E-state index >= 15 is 0 Å². The molecule has 0 N–H and O–H groups in total. The summed E-state index contributed by atoms with van der Waals surface area (Å²) in [7, 11) is 0. The van der Waals surface area contributed by atoms with E-state index in [-0.39, 0.29) is 11.8 Å². The number of carbonyl (C=O) groups is 2. The van der Waals surface area contributed by atoms with Crippen LogP contribution < -0.4 is 0 Å². The van der Waals surface area contributed by atoms with Gasteiger partial charge in [-0.2, -0.15) is 11.3 Å². The van der Waals surface area contributed by atoms with Crippen LogP contribution in [-0.2, 0) is 0 Å². The number of hydrogen-bond acceptors (Lipinski definition) is 3. The van der Waals surface area contributed by atoms with Gasteiger partial charge in [0.15, 0.2) is 0 Å². The molecule has 0 spiro atoms. The van der Waals surface area contributed by atoms with Crippen LogP contribution in [0.25, 0.3) is 0 Å². The van der Waals surface area contributed by atoms with E-state index in [9.17, 15) is 9.59 Å². The summed E-state index contributed by atoms with van der Waals surface area (Å²) in [6, 6.07) is 0. The van der Waals surface area contributed by atoms with Crippen LogP contribution >= 0.6 is 11.3 Å². The summed E-state index contributed by atoms with van der Waals surface area (Å²) in [5.41, 5.74) is 1.19. The average Bonchev–Trinajstić information content (AvgIpc) is 2.93. The third-order valence-electron chi connectivity index (χ3n) is 3.60. The molecule has 2 rings (SSSR count). The summed E-state index contributed by atoms with van der Waals surface area (Å²) in [4.78, 5) is 25.6. The maximum Gasteiger partial charge on any atom is 0.262 e. The Morgan fingerprint density at radius 1 is 1.17 bits per heavy atom. The minimum atomic E-state index is -0.105. The number of nitrogens with zero attached hydrogens (tertiary/aromatic N) is 1. The molecule has 1 aromatic rings. The van der Waals surface area contributed by atoms with E-state index in [1.54, 1.807) is 10.8 Å². The lowest BCUT2D eigenvalue weighted by Gasteiger charge is -2.21. The highest BCUT2D eigenvalue weighted by Gasteiger charge is 2.36. The van der Waals surface area contributed by atoms with E-state index < -0.39 is 0 Å². The third kappa shape index (κ3) is 2.34. The predicted molar refractivity (Wildman–Crippen MR) is 73.0 cm³/mol. The molecule has 0 saturated carbocycles. The fourth-order valence-electron chi connectivity index (χ4n) is 2.35. The summed E-state index contributed by atoms with van der Waals surface area (Å²) in [6.07, 6.45) is 4.43. The Balaban J connectivity index is 2.05. The van der Waals surface area contributed by atoms with Crippen molar-refractivity contribution in [2.75, 3.05) is 6.54 Å². The number of imide groups is 1. The lowest BCUT2D eigenvalue weighted by molar-refractivity contribution is 0.0624. The monoisotopic (exact) mass is 265 g/mol. The molecule has 1 aliphatic heterocycles. The first-order chi connectivity index (χ1) is 8.69. The van der Waals surface area contributed by atoms with Gasteiger partial charge in [0.05, 0.1) is 11.1 Å². The van der Waals surface area contributed by atoms with Gasteiger partial charge in [-0.15, -0.1) is 0 Å². The molecule has 1 aliphatic rings. The first kappa shape index (κ1) is 13.3. The van der Waals surface area contributed by atoms with Crippen molar-refractivity contribution in [3.8, 4) is 0 Å². The van der Waals surface area contributed by atoms with Crippen molar-refractivity contribution in [1.29, 1.82) is 0 Å². The van der Waals surface area contributed by atoms with Crippen LogP contribution in [0.4, 0.5) is 0 Å². The number of thiophene rings is 1. The highest BCUT2D eigenvalue weighted by Crippen LogP contribution is 2.28. The molecule has 0 radical (unpaired) electrons. The van der Waals surface area contributed by atoms with E-state index in [4.69, 9.17) is 0 Å². The summed E-state index contributed by atoms with van der Waals surface area (Å²) in [6.45, 7) is 4.87. The molecule has 98 valence electrons. The van der Waals surface area contributed by atoms with Gasteiger partial charge in [-0.05, 0) is 12.3 Å². The molecule has 0 saturated heterocycles. The van der Waals surface area contributed by atoms with Gasteiger partial charge in [-0.25, -0.2) is 0 Å². The molecule has 0 fully saturated rings. The Hall–Kier alpha value is -1.16. The molecule has 0 bridgehead atoms. The van der Waals surface area contributed by atoms with Crippen LogP contribution in [0, 0.1) is 5.92 Å². The SMILES string of the molecule is CCCC[C@H](CC)CN1C(=O)c2cscc2C1=O. The van der Waals surface area contributed by atoms with E-state index in [0.717, 1.165) is 25.7 Å². The van der Waals surface area contributed by atoms with Gasteiger partial charge in [0.2, 0.25) is 0 Å². The topological polar surface area (TPSA) is 37.4 Å². The first-order valence-corrected chi connectivity index (χ1v) is 7.55. The zero-order valence-corrected chi connectivity index (χ0v) is 11.8. The van der Waals surface area contributed by atoms with Crippen molar-refractivity contribution in [3.05, 3.63) is 21.9 Å². The summed E-state index contributed by atoms with van der Waals surface area (Å²) in [5, 5.41) is 3.56. The standard InChI is InChI=1S/C14H19NO2S/c1-3-5-6-10(4-2)7-15-13(16)11-8-18-9-12(11)14(15)17/h8-10H,3-7H2,1-2H3/t10-/m0/s1.